The Kier molecular flexibility index (Phi) is 2.93. The molecule has 0 aromatic heterocycles. The lowest BCUT2D eigenvalue weighted by Crippen LogP contribution is -1.47. The van der Waals surface area contributed by atoms with Crippen LogP contribution in [0.25, 0.3) is 0 Å². The summed E-state index contributed by atoms with van der Waals surface area (Å²) in [5.74, 6) is 0. The van der Waals surface area contributed by atoms with Crippen LogP contribution in [0.1, 0.15) is 0 Å². The molecule has 0 aliphatic heterocycles. The number of hydrogen-bond donors (Lipinski definition) is 0. The fraction of sp³-hybridized carbons (Fsp3) is 0.333. The van der Waals surface area contributed by atoms with Crippen LogP contribution in [0.5, 0.6) is 0 Å². The average Bonchev–Trinajstić information content (AvgIpc) is 1.37. The van der Waals surface area contributed by atoms with Gasteiger partial charge in [-0.25, -0.2) is 0 Å². The van der Waals surface area contributed by atoms with Gasteiger partial charge in [-0.2, -0.15) is 0 Å². The molecule has 4 heavy (non-hydrogen) atoms. The van der Waals surface area contributed by atoms with Crippen molar-refractivity contribution in [1.82, 2.24) is 0 Å². The van der Waals surface area contributed by atoms with E-state index in [4.69, 9.17) is 0 Å². The summed E-state index contributed by atoms with van der Waals surface area (Å²) in [6.45, 7) is 3.49. The lowest BCUT2D eigenvalue weighted by molar-refractivity contribution is 1.76. The van der Waals surface area contributed by atoms with Gasteiger partial charge in [0.1, 0.15) is 0 Å². The Balaban J connectivity index is 2.30. The minimum Gasteiger partial charge on any atom is -0.103 e. The van der Waals surface area contributed by atoms with Gasteiger partial charge in [-0.15, -0.1) is 6.58 Å². The van der Waals surface area contributed by atoms with E-state index in [1.165, 1.54) is 0 Å². The molecule has 0 aliphatic rings. The van der Waals surface area contributed by atoms with Crippen LogP contribution in [0.4, 0.5) is 0 Å². The van der Waals surface area contributed by atoms with Crippen LogP contribution in [0.2, 0.25) is 6.04 Å². The van der Waals surface area contributed by atoms with Crippen molar-refractivity contribution in [1.29, 1.82) is 0 Å². The van der Waals surface area contributed by atoms with E-state index < -0.39 is 0 Å². The number of hydrogen-bond acceptors (Lipinski definition) is 0. The minimum atomic E-state index is 1.11. The maximum atomic E-state index is 3.49. The highest BCUT2D eigenvalue weighted by Gasteiger charge is 1.46. The molecule has 0 saturated heterocycles. The monoisotopic (exact) mass is 71.0 g/mol. The van der Waals surface area contributed by atoms with Crippen LogP contribution >= 0.6 is 0 Å². The van der Waals surface area contributed by atoms with Crippen LogP contribution in [0.15, 0.2) is 12.7 Å². The van der Waals surface area contributed by atoms with E-state index in [1.807, 2.05) is 16.3 Å². The summed E-state index contributed by atoms with van der Waals surface area (Å²) in [7, 11) is 1.90. The molecule has 0 heterocycles. The molecular formula is C3H7Si. The molecule has 0 nitrogen and oxygen atoms in total. The van der Waals surface area contributed by atoms with Gasteiger partial charge in [0.2, 0.25) is 0 Å². The van der Waals surface area contributed by atoms with Gasteiger partial charge in [-0.1, -0.05) is 6.08 Å². The Labute approximate surface area is 30.0 Å². The molecule has 23 valence electrons. The number of allylic oxidation sites excluding steroid dienone is 1. The minimum absolute atomic E-state index is 1.11. The van der Waals surface area contributed by atoms with Gasteiger partial charge in [-0.05, 0) is 6.04 Å². The SMILES string of the molecule is C=CC[SiH2]. The van der Waals surface area contributed by atoms with Gasteiger partial charge in [0.05, 0.1) is 0 Å². The van der Waals surface area contributed by atoms with Gasteiger partial charge >= 0.3 is 0 Å². The summed E-state index contributed by atoms with van der Waals surface area (Å²) in [5.41, 5.74) is 0. The Morgan fingerprint density at radius 1 is 2.00 bits per heavy atom. The van der Waals surface area contributed by atoms with Crippen molar-refractivity contribution in [2.24, 2.45) is 0 Å². The summed E-state index contributed by atoms with van der Waals surface area (Å²) < 4.78 is 0. The molecule has 1 radical (unpaired) electrons. The van der Waals surface area contributed by atoms with Crippen molar-refractivity contribution in [3.05, 3.63) is 12.7 Å². The maximum Gasteiger partial charge on any atom is 0.0130 e. The van der Waals surface area contributed by atoms with Crippen LogP contribution < -0.4 is 0 Å². The smallest absolute Gasteiger partial charge is 0.0130 e. The lowest BCUT2D eigenvalue weighted by atomic mass is 10.8. The first-order chi connectivity index (χ1) is 1.91. The van der Waals surface area contributed by atoms with Gasteiger partial charge in [0.15, 0.2) is 0 Å². The summed E-state index contributed by atoms with van der Waals surface area (Å²) in [5, 5.41) is 0. The molecule has 0 saturated carbocycles. The second-order valence-electron chi connectivity index (χ2n) is 0.577. The molecule has 0 fully saturated rings. The van der Waals surface area contributed by atoms with Crippen molar-refractivity contribution in [2.75, 3.05) is 0 Å². The lowest BCUT2D eigenvalue weighted by Gasteiger charge is -1.57. The van der Waals surface area contributed by atoms with E-state index >= 15 is 0 Å². The van der Waals surface area contributed by atoms with Crippen molar-refractivity contribution in [3.63, 3.8) is 0 Å². The predicted octanol–water partition coefficient (Wildman–Crippen LogP) is 0.224. The van der Waals surface area contributed by atoms with E-state index in [1.54, 1.807) is 0 Å². The van der Waals surface area contributed by atoms with Crippen molar-refractivity contribution in [2.45, 2.75) is 6.04 Å². The number of rotatable bonds is 1. The molecule has 0 bridgehead atoms. The molecule has 0 spiro atoms. The van der Waals surface area contributed by atoms with Crippen molar-refractivity contribution in [3.8, 4) is 0 Å². The first-order valence-corrected chi connectivity index (χ1v) is 2.32. The van der Waals surface area contributed by atoms with Gasteiger partial charge in [0, 0.05) is 10.2 Å². The van der Waals surface area contributed by atoms with Crippen LogP contribution in [-0.4, -0.2) is 10.2 Å². The first kappa shape index (κ1) is 3.96. The largest absolute Gasteiger partial charge is 0.103 e. The Hall–Kier alpha value is -0.0431. The van der Waals surface area contributed by atoms with E-state index in [2.05, 4.69) is 6.58 Å². The third-order valence-corrected chi connectivity index (χ3v) is 0.612. The van der Waals surface area contributed by atoms with Crippen molar-refractivity contribution < 1.29 is 0 Å². The van der Waals surface area contributed by atoms with Crippen LogP contribution in [-0.2, 0) is 0 Å². The Morgan fingerprint density at radius 3 is 2.25 bits per heavy atom. The topological polar surface area (TPSA) is 0 Å². The second-order valence-corrected chi connectivity index (χ2v) is 1.15. The Bertz CT molecular complexity index is 17.2. The fourth-order valence-corrected chi connectivity index (χ4v) is 0. The Morgan fingerprint density at radius 2 is 2.25 bits per heavy atom. The summed E-state index contributed by atoms with van der Waals surface area (Å²) in [4.78, 5) is 0. The third kappa shape index (κ3) is 1.96. The fourth-order valence-electron chi connectivity index (χ4n) is 0. The van der Waals surface area contributed by atoms with Gasteiger partial charge < -0.3 is 0 Å². The van der Waals surface area contributed by atoms with Crippen LogP contribution in [0.3, 0.4) is 0 Å². The molecule has 1 heteroatoms. The van der Waals surface area contributed by atoms with E-state index in [0.717, 1.165) is 6.04 Å². The molecule has 0 N–H and O–H groups in total. The highest BCUT2D eigenvalue weighted by molar-refractivity contribution is 6.09. The molecule has 0 rings (SSSR count). The molecule has 0 unspecified atom stereocenters. The maximum absolute atomic E-state index is 3.49. The van der Waals surface area contributed by atoms with Crippen molar-refractivity contribution >= 4 is 10.2 Å². The molecule has 0 atom stereocenters. The highest BCUT2D eigenvalue weighted by Crippen LogP contribution is 1.61. The standard InChI is InChI=1S/C3H7Si/c1-2-3-4/h2H,1,3-4H2. The van der Waals surface area contributed by atoms with Gasteiger partial charge in [-0.3, -0.25) is 0 Å². The van der Waals surface area contributed by atoms with E-state index in [-0.39, 0.29) is 0 Å². The molecule has 0 aromatic carbocycles. The molecule has 0 aromatic rings. The summed E-state index contributed by atoms with van der Waals surface area (Å²) >= 11 is 0. The third-order valence-electron chi connectivity index (χ3n) is 0.204. The van der Waals surface area contributed by atoms with E-state index in [0.29, 0.717) is 0 Å². The zero-order chi connectivity index (χ0) is 3.41. The zero-order valence-electron chi connectivity index (χ0n) is 2.70. The zero-order valence-corrected chi connectivity index (χ0v) is 4.11. The van der Waals surface area contributed by atoms with E-state index in [9.17, 15) is 0 Å². The molecule has 0 aliphatic carbocycles. The summed E-state index contributed by atoms with van der Waals surface area (Å²) in [6.07, 6.45) is 1.89. The average molecular weight is 71.2 g/mol. The molecule has 0 amide bonds. The quantitative estimate of drug-likeness (QED) is 0.306. The summed E-state index contributed by atoms with van der Waals surface area (Å²) in [6, 6.07) is 1.11. The predicted molar refractivity (Wildman–Crippen MR) is 23.5 cm³/mol. The first-order valence-electron chi connectivity index (χ1n) is 1.32. The second kappa shape index (κ2) is 2.96. The molecular weight excluding hydrogens is 64.1 g/mol. The highest BCUT2D eigenvalue weighted by atomic mass is 28.1. The normalized spacial score (nSPS) is 6.25. The van der Waals surface area contributed by atoms with Gasteiger partial charge in [0.25, 0.3) is 0 Å². The van der Waals surface area contributed by atoms with Crippen LogP contribution in [0, 0.1) is 0 Å².